The summed E-state index contributed by atoms with van der Waals surface area (Å²) in [5.74, 6) is 0. The van der Waals surface area contributed by atoms with Crippen LogP contribution in [0.5, 0.6) is 0 Å². The number of hydrogen-bond donors (Lipinski definition) is 2. The first-order valence-electron chi connectivity index (χ1n) is 5.67. The number of aromatic amines is 1. The predicted octanol–water partition coefficient (Wildman–Crippen LogP) is 2.55. The summed E-state index contributed by atoms with van der Waals surface area (Å²) in [6.07, 6.45) is 2.10. The number of H-pyrrole nitrogens is 1. The van der Waals surface area contributed by atoms with Gasteiger partial charge >= 0.3 is 6.03 Å². The molecule has 0 spiro atoms. The first-order chi connectivity index (χ1) is 8.72. The van der Waals surface area contributed by atoms with Gasteiger partial charge in [-0.3, -0.25) is 0 Å². The molecule has 0 atom stereocenters. The molecule has 0 aliphatic carbocycles. The number of hydrogen-bond acceptors (Lipinski definition) is 2. The Morgan fingerprint density at radius 3 is 3.06 bits per heavy atom. The SMILES string of the molecule is CN(CCC#N)C(=O)Nc1c[nH]c2ccccc12. The molecule has 1 aromatic carbocycles. The van der Waals surface area contributed by atoms with E-state index in [4.69, 9.17) is 5.26 Å². The summed E-state index contributed by atoms with van der Waals surface area (Å²) in [7, 11) is 1.67. The molecule has 0 fully saturated rings. The summed E-state index contributed by atoms with van der Waals surface area (Å²) in [5.41, 5.74) is 1.73. The normalized spacial score (nSPS) is 10.0. The van der Waals surface area contributed by atoms with Gasteiger partial charge in [0.25, 0.3) is 0 Å². The highest BCUT2D eigenvalue weighted by Crippen LogP contribution is 2.22. The molecule has 2 aromatic rings. The highest BCUT2D eigenvalue weighted by atomic mass is 16.2. The predicted molar refractivity (Wildman–Crippen MR) is 70.2 cm³/mol. The summed E-state index contributed by atoms with van der Waals surface area (Å²) in [6, 6.07) is 9.55. The quantitative estimate of drug-likeness (QED) is 0.868. The van der Waals surface area contributed by atoms with Crippen LogP contribution in [0.3, 0.4) is 0 Å². The minimum absolute atomic E-state index is 0.213. The second-order valence-electron chi connectivity index (χ2n) is 4.01. The van der Waals surface area contributed by atoms with Crippen LogP contribution in [0.25, 0.3) is 10.9 Å². The average molecular weight is 242 g/mol. The fraction of sp³-hybridized carbons (Fsp3) is 0.231. The van der Waals surface area contributed by atoms with Gasteiger partial charge in [0.15, 0.2) is 0 Å². The molecular formula is C13H14N4O. The number of carbonyl (C=O) groups is 1. The smallest absolute Gasteiger partial charge is 0.321 e. The van der Waals surface area contributed by atoms with Crippen LogP contribution in [-0.4, -0.2) is 29.5 Å². The summed E-state index contributed by atoms with van der Waals surface area (Å²) < 4.78 is 0. The lowest BCUT2D eigenvalue weighted by Gasteiger charge is -2.15. The molecule has 5 heteroatoms. The molecule has 0 aliphatic rings. The number of rotatable bonds is 3. The van der Waals surface area contributed by atoms with Crippen molar-refractivity contribution in [1.29, 1.82) is 5.26 Å². The van der Waals surface area contributed by atoms with E-state index in [0.29, 0.717) is 13.0 Å². The van der Waals surface area contributed by atoms with E-state index in [1.54, 1.807) is 13.2 Å². The average Bonchev–Trinajstić information content (AvgIpc) is 2.79. The number of nitriles is 1. The topological polar surface area (TPSA) is 71.9 Å². The number of fused-ring (bicyclic) bond motifs is 1. The number of para-hydroxylation sites is 1. The van der Waals surface area contributed by atoms with Crippen LogP contribution in [0.2, 0.25) is 0 Å². The van der Waals surface area contributed by atoms with E-state index in [0.717, 1.165) is 16.6 Å². The van der Waals surface area contributed by atoms with E-state index in [2.05, 4.69) is 10.3 Å². The van der Waals surface area contributed by atoms with Crippen LogP contribution in [0, 0.1) is 11.3 Å². The van der Waals surface area contributed by atoms with E-state index < -0.39 is 0 Å². The fourth-order valence-corrected chi connectivity index (χ4v) is 1.70. The summed E-state index contributed by atoms with van der Waals surface area (Å²) in [5, 5.41) is 12.3. The minimum Gasteiger partial charge on any atom is -0.359 e. The Bertz CT molecular complexity index is 596. The maximum Gasteiger partial charge on any atom is 0.321 e. The van der Waals surface area contributed by atoms with Gasteiger partial charge in [-0.15, -0.1) is 0 Å². The van der Waals surface area contributed by atoms with Crippen molar-refractivity contribution in [2.75, 3.05) is 18.9 Å². The molecule has 1 aromatic heterocycles. The van der Waals surface area contributed by atoms with Gasteiger partial charge in [0.2, 0.25) is 0 Å². The third kappa shape index (κ3) is 2.43. The van der Waals surface area contributed by atoms with Crippen molar-refractivity contribution in [3.63, 3.8) is 0 Å². The standard InChI is InChI=1S/C13H14N4O/c1-17(8-4-7-14)13(18)16-12-9-15-11-6-3-2-5-10(11)12/h2-3,5-6,9,15H,4,8H2,1H3,(H,16,18). The zero-order chi connectivity index (χ0) is 13.0. The Balaban J connectivity index is 2.10. The van der Waals surface area contributed by atoms with E-state index in [9.17, 15) is 4.79 Å². The number of benzene rings is 1. The Morgan fingerprint density at radius 2 is 2.28 bits per heavy atom. The molecule has 0 radical (unpaired) electrons. The van der Waals surface area contributed by atoms with Gasteiger partial charge in [0.1, 0.15) is 0 Å². The van der Waals surface area contributed by atoms with E-state index in [1.807, 2.05) is 30.3 Å². The molecule has 0 unspecified atom stereocenters. The molecule has 0 aliphatic heterocycles. The Labute approximate surface area is 105 Å². The van der Waals surface area contributed by atoms with E-state index in [-0.39, 0.29) is 6.03 Å². The first-order valence-corrected chi connectivity index (χ1v) is 5.67. The lowest BCUT2D eigenvalue weighted by molar-refractivity contribution is 0.223. The van der Waals surface area contributed by atoms with Crippen LogP contribution >= 0.6 is 0 Å². The van der Waals surface area contributed by atoms with Gasteiger partial charge in [-0.1, -0.05) is 18.2 Å². The maximum atomic E-state index is 11.9. The summed E-state index contributed by atoms with van der Waals surface area (Å²) >= 11 is 0. The number of nitrogens with zero attached hydrogens (tertiary/aromatic N) is 2. The molecule has 0 saturated carbocycles. The second-order valence-corrected chi connectivity index (χ2v) is 4.01. The molecule has 2 amide bonds. The van der Waals surface area contributed by atoms with Crippen molar-refractivity contribution >= 4 is 22.6 Å². The lowest BCUT2D eigenvalue weighted by Crippen LogP contribution is -2.31. The van der Waals surface area contributed by atoms with Crippen molar-refractivity contribution in [2.45, 2.75) is 6.42 Å². The molecule has 92 valence electrons. The van der Waals surface area contributed by atoms with Crippen molar-refractivity contribution in [3.8, 4) is 6.07 Å². The third-order valence-corrected chi connectivity index (χ3v) is 2.74. The third-order valence-electron chi connectivity index (χ3n) is 2.74. The first kappa shape index (κ1) is 12.0. The molecule has 0 bridgehead atoms. The highest BCUT2D eigenvalue weighted by Gasteiger charge is 2.10. The fourth-order valence-electron chi connectivity index (χ4n) is 1.70. The lowest BCUT2D eigenvalue weighted by atomic mass is 10.2. The monoisotopic (exact) mass is 242 g/mol. The summed E-state index contributed by atoms with van der Waals surface area (Å²) in [6.45, 7) is 0.421. The number of anilines is 1. The number of urea groups is 1. The Kier molecular flexibility index (Phi) is 3.49. The number of amides is 2. The minimum atomic E-state index is -0.213. The maximum absolute atomic E-state index is 11.9. The van der Waals surface area contributed by atoms with Crippen molar-refractivity contribution in [1.82, 2.24) is 9.88 Å². The molecule has 2 N–H and O–H groups in total. The van der Waals surface area contributed by atoms with Gasteiger partial charge in [-0.25, -0.2) is 4.79 Å². The molecule has 18 heavy (non-hydrogen) atoms. The summed E-state index contributed by atoms with van der Waals surface area (Å²) in [4.78, 5) is 16.4. The highest BCUT2D eigenvalue weighted by molar-refractivity contribution is 6.00. The van der Waals surface area contributed by atoms with Gasteiger partial charge in [-0.2, -0.15) is 5.26 Å². The Hall–Kier alpha value is -2.48. The molecule has 1 heterocycles. The molecular weight excluding hydrogens is 228 g/mol. The molecule has 5 nitrogen and oxygen atoms in total. The molecule has 2 rings (SSSR count). The van der Waals surface area contributed by atoms with Crippen molar-refractivity contribution in [3.05, 3.63) is 30.5 Å². The second kappa shape index (κ2) is 5.23. The Morgan fingerprint density at radius 1 is 1.50 bits per heavy atom. The van der Waals surface area contributed by atoms with Crippen LogP contribution in [0.15, 0.2) is 30.5 Å². The number of carbonyl (C=O) groups excluding carboxylic acids is 1. The number of aromatic nitrogens is 1. The van der Waals surface area contributed by atoms with Crippen LogP contribution in [0.1, 0.15) is 6.42 Å². The van der Waals surface area contributed by atoms with Crippen LogP contribution in [-0.2, 0) is 0 Å². The van der Waals surface area contributed by atoms with Crippen molar-refractivity contribution in [2.24, 2.45) is 0 Å². The van der Waals surface area contributed by atoms with E-state index >= 15 is 0 Å². The zero-order valence-corrected chi connectivity index (χ0v) is 10.1. The zero-order valence-electron chi connectivity index (χ0n) is 10.1. The van der Waals surface area contributed by atoms with Gasteiger partial charge in [-0.05, 0) is 6.07 Å². The van der Waals surface area contributed by atoms with E-state index in [1.165, 1.54) is 4.90 Å². The number of nitrogens with one attached hydrogen (secondary N) is 2. The largest absolute Gasteiger partial charge is 0.359 e. The van der Waals surface area contributed by atoms with Gasteiger partial charge < -0.3 is 15.2 Å². The van der Waals surface area contributed by atoms with Gasteiger partial charge in [0.05, 0.1) is 18.2 Å². The van der Waals surface area contributed by atoms with Crippen LogP contribution in [0.4, 0.5) is 10.5 Å². The van der Waals surface area contributed by atoms with Crippen molar-refractivity contribution < 1.29 is 4.79 Å². The molecule has 0 saturated heterocycles. The van der Waals surface area contributed by atoms with Crippen LogP contribution < -0.4 is 5.32 Å². The van der Waals surface area contributed by atoms with Gasteiger partial charge in [0, 0.05) is 30.7 Å².